The van der Waals surface area contributed by atoms with Crippen molar-refractivity contribution in [3.05, 3.63) is 0 Å². The molecule has 0 aromatic rings. The molecule has 0 aromatic heterocycles. The molecular weight excluding hydrogens is 140 g/mol. The lowest BCUT2D eigenvalue weighted by molar-refractivity contribution is -0.126. The summed E-state index contributed by atoms with van der Waals surface area (Å²) in [5.74, 6) is 0.346. The van der Waals surface area contributed by atoms with Crippen molar-refractivity contribution in [1.29, 1.82) is 0 Å². The monoisotopic (exact) mass is 156 g/mol. The quantitative estimate of drug-likeness (QED) is 0.566. The molecule has 0 saturated carbocycles. The number of hydrogen-bond donors (Lipinski definition) is 2. The first-order chi connectivity index (χ1) is 5.25. The lowest BCUT2D eigenvalue weighted by Gasteiger charge is -2.28. The predicted octanol–water partition coefficient (Wildman–Crippen LogP) is 0.120. The molecule has 0 spiro atoms. The zero-order chi connectivity index (χ0) is 8.27. The number of carbonyl (C=O) groups excluding carboxylic acids is 1. The number of piperidine rings is 1. The minimum Gasteiger partial charge on any atom is -0.359 e. The van der Waals surface area contributed by atoms with Crippen molar-refractivity contribution in [3.63, 3.8) is 0 Å². The highest BCUT2D eigenvalue weighted by molar-refractivity contribution is 5.79. The molecule has 0 radical (unpaired) electrons. The molecule has 3 nitrogen and oxygen atoms in total. The van der Waals surface area contributed by atoms with Crippen molar-refractivity contribution in [3.8, 4) is 0 Å². The summed E-state index contributed by atoms with van der Waals surface area (Å²) in [7, 11) is 1.70. The summed E-state index contributed by atoms with van der Waals surface area (Å²) >= 11 is 0. The van der Waals surface area contributed by atoms with Crippen molar-refractivity contribution in [2.45, 2.75) is 25.8 Å². The number of rotatable bonds is 1. The summed E-state index contributed by atoms with van der Waals surface area (Å²) in [5, 5.41) is 5.97. The Hall–Kier alpha value is -0.570. The molecule has 1 fully saturated rings. The van der Waals surface area contributed by atoms with Gasteiger partial charge in [0.25, 0.3) is 0 Å². The van der Waals surface area contributed by atoms with Crippen LogP contribution in [0.4, 0.5) is 0 Å². The minimum atomic E-state index is 0.171. The van der Waals surface area contributed by atoms with E-state index in [1.54, 1.807) is 7.05 Å². The summed E-state index contributed by atoms with van der Waals surface area (Å²) in [5.41, 5.74) is 0. The third-order valence-corrected chi connectivity index (χ3v) is 2.34. The second kappa shape index (κ2) is 3.72. The molecular formula is C8H16N2O. The summed E-state index contributed by atoms with van der Waals surface area (Å²) < 4.78 is 0. The lowest BCUT2D eigenvalue weighted by Crippen LogP contribution is -2.45. The fourth-order valence-electron chi connectivity index (χ4n) is 1.59. The number of amides is 1. The Bertz CT molecular complexity index is 147. The molecule has 1 aliphatic rings. The molecule has 2 N–H and O–H groups in total. The highest BCUT2D eigenvalue weighted by Gasteiger charge is 2.26. The molecule has 1 amide bonds. The molecule has 1 rings (SSSR count). The normalized spacial score (nSPS) is 31.5. The van der Waals surface area contributed by atoms with Crippen LogP contribution in [-0.2, 0) is 4.79 Å². The van der Waals surface area contributed by atoms with Gasteiger partial charge < -0.3 is 10.6 Å². The summed E-state index contributed by atoms with van der Waals surface area (Å²) in [6, 6.07) is 0.337. The predicted molar refractivity (Wildman–Crippen MR) is 44.3 cm³/mol. The van der Waals surface area contributed by atoms with Gasteiger partial charge in [-0.15, -0.1) is 0 Å². The minimum absolute atomic E-state index is 0.171. The van der Waals surface area contributed by atoms with E-state index in [0.29, 0.717) is 6.04 Å². The molecule has 11 heavy (non-hydrogen) atoms. The van der Waals surface area contributed by atoms with Gasteiger partial charge >= 0.3 is 0 Å². The first kappa shape index (κ1) is 8.53. The van der Waals surface area contributed by atoms with Crippen molar-refractivity contribution in [2.75, 3.05) is 13.6 Å². The van der Waals surface area contributed by atoms with E-state index in [2.05, 4.69) is 17.6 Å². The largest absolute Gasteiger partial charge is 0.359 e. The van der Waals surface area contributed by atoms with Crippen molar-refractivity contribution < 1.29 is 4.79 Å². The molecule has 0 bridgehead atoms. The van der Waals surface area contributed by atoms with Gasteiger partial charge in [-0.05, 0) is 26.3 Å². The van der Waals surface area contributed by atoms with E-state index < -0.39 is 0 Å². The second-order valence-corrected chi connectivity index (χ2v) is 3.11. The van der Waals surface area contributed by atoms with Gasteiger partial charge in [0.2, 0.25) is 5.91 Å². The van der Waals surface area contributed by atoms with Gasteiger partial charge in [0.15, 0.2) is 0 Å². The topological polar surface area (TPSA) is 41.1 Å². The van der Waals surface area contributed by atoms with Crippen LogP contribution in [0, 0.1) is 5.92 Å². The van der Waals surface area contributed by atoms with Crippen LogP contribution in [0.5, 0.6) is 0 Å². The molecule has 1 saturated heterocycles. The van der Waals surface area contributed by atoms with Crippen LogP contribution in [-0.4, -0.2) is 25.5 Å². The molecule has 1 aliphatic heterocycles. The number of hydrogen-bond acceptors (Lipinski definition) is 2. The fourth-order valence-corrected chi connectivity index (χ4v) is 1.59. The third-order valence-electron chi connectivity index (χ3n) is 2.34. The average molecular weight is 156 g/mol. The molecule has 1 heterocycles. The van der Waals surface area contributed by atoms with Gasteiger partial charge in [0, 0.05) is 13.1 Å². The highest BCUT2D eigenvalue weighted by atomic mass is 16.1. The number of nitrogens with one attached hydrogen (secondary N) is 2. The Labute approximate surface area is 67.5 Å². The first-order valence-electron chi connectivity index (χ1n) is 4.20. The second-order valence-electron chi connectivity index (χ2n) is 3.11. The van der Waals surface area contributed by atoms with Gasteiger partial charge in [0.1, 0.15) is 0 Å². The molecule has 2 unspecified atom stereocenters. The van der Waals surface area contributed by atoms with Gasteiger partial charge in [-0.2, -0.15) is 0 Å². The van der Waals surface area contributed by atoms with E-state index in [9.17, 15) is 4.79 Å². The standard InChI is InChI=1S/C8H16N2O/c1-6-7(8(11)9-2)4-3-5-10-6/h6-7,10H,3-5H2,1-2H3,(H,9,11). The maximum absolute atomic E-state index is 11.2. The zero-order valence-electron chi connectivity index (χ0n) is 7.18. The van der Waals surface area contributed by atoms with Crippen molar-refractivity contribution in [2.24, 2.45) is 5.92 Å². The Morgan fingerprint density at radius 1 is 1.64 bits per heavy atom. The summed E-state index contributed by atoms with van der Waals surface area (Å²) in [6.07, 6.45) is 2.14. The molecule has 0 aromatic carbocycles. The van der Waals surface area contributed by atoms with Crippen LogP contribution in [0.25, 0.3) is 0 Å². The van der Waals surface area contributed by atoms with Gasteiger partial charge in [-0.25, -0.2) is 0 Å². The van der Waals surface area contributed by atoms with Gasteiger partial charge in [-0.3, -0.25) is 4.79 Å². The maximum Gasteiger partial charge on any atom is 0.224 e. The molecule has 64 valence electrons. The van der Waals surface area contributed by atoms with Crippen LogP contribution in [0.2, 0.25) is 0 Å². The Kier molecular flexibility index (Phi) is 2.88. The molecule has 0 aliphatic carbocycles. The molecule has 3 heteroatoms. The van der Waals surface area contributed by atoms with Crippen LogP contribution < -0.4 is 10.6 Å². The van der Waals surface area contributed by atoms with E-state index in [1.165, 1.54) is 0 Å². The van der Waals surface area contributed by atoms with E-state index >= 15 is 0 Å². The van der Waals surface area contributed by atoms with Crippen molar-refractivity contribution in [1.82, 2.24) is 10.6 Å². The van der Waals surface area contributed by atoms with Crippen molar-refractivity contribution >= 4 is 5.91 Å². The van der Waals surface area contributed by atoms with E-state index in [-0.39, 0.29) is 11.8 Å². The maximum atomic E-state index is 11.2. The van der Waals surface area contributed by atoms with E-state index in [4.69, 9.17) is 0 Å². The van der Waals surface area contributed by atoms with E-state index in [1.807, 2.05) is 0 Å². The van der Waals surface area contributed by atoms with E-state index in [0.717, 1.165) is 19.4 Å². The zero-order valence-corrected chi connectivity index (χ0v) is 7.18. The summed E-state index contributed by atoms with van der Waals surface area (Å²) in [6.45, 7) is 3.12. The smallest absolute Gasteiger partial charge is 0.224 e. The number of carbonyl (C=O) groups is 1. The Morgan fingerprint density at radius 2 is 2.36 bits per heavy atom. The Balaban J connectivity index is 2.47. The van der Waals surface area contributed by atoms with Crippen LogP contribution >= 0.6 is 0 Å². The van der Waals surface area contributed by atoms with Crippen LogP contribution in [0.3, 0.4) is 0 Å². The van der Waals surface area contributed by atoms with Crippen LogP contribution in [0.15, 0.2) is 0 Å². The van der Waals surface area contributed by atoms with Gasteiger partial charge in [-0.1, -0.05) is 0 Å². The Morgan fingerprint density at radius 3 is 2.91 bits per heavy atom. The average Bonchev–Trinajstić information content (AvgIpc) is 2.04. The summed E-state index contributed by atoms with van der Waals surface area (Å²) in [4.78, 5) is 11.2. The highest BCUT2D eigenvalue weighted by Crippen LogP contribution is 2.15. The third kappa shape index (κ3) is 1.93. The molecule has 2 atom stereocenters. The first-order valence-corrected chi connectivity index (χ1v) is 4.20. The van der Waals surface area contributed by atoms with Gasteiger partial charge in [0.05, 0.1) is 5.92 Å². The fraction of sp³-hybridized carbons (Fsp3) is 0.875. The SMILES string of the molecule is CNC(=O)C1CCCNC1C. The van der Waals surface area contributed by atoms with Crippen LogP contribution in [0.1, 0.15) is 19.8 Å². The lowest BCUT2D eigenvalue weighted by atomic mass is 9.91.